The van der Waals surface area contributed by atoms with Crippen molar-refractivity contribution >= 4 is 17.4 Å². The van der Waals surface area contributed by atoms with Gasteiger partial charge in [-0.2, -0.15) is 4.98 Å². The number of nitrogens with zero attached hydrogens (tertiary/aromatic N) is 3. The first-order chi connectivity index (χ1) is 10.1. The van der Waals surface area contributed by atoms with E-state index in [0.717, 1.165) is 0 Å². The maximum atomic E-state index is 13.7. The Morgan fingerprint density at radius 1 is 1.24 bits per heavy atom. The second kappa shape index (κ2) is 5.49. The smallest absolute Gasteiger partial charge is 0.259 e. The summed E-state index contributed by atoms with van der Waals surface area (Å²) in [6.07, 6.45) is 1.68. The monoisotopic (exact) mass is 304 g/mol. The van der Waals surface area contributed by atoms with E-state index in [1.165, 1.54) is 12.3 Å². The highest BCUT2D eigenvalue weighted by Gasteiger charge is 2.14. The fourth-order valence-electron chi connectivity index (χ4n) is 1.83. The number of benzene rings is 1. The number of aromatic nitrogens is 3. The Hall–Kier alpha value is -2.47. The van der Waals surface area contributed by atoms with Crippen molar-refractivity contribution in [3.8, 4) is 11.5 Å². The molecule has 0 saturated heterocycles. The molecule has 21 heavy (non-hydrogen) atoms. The number of nitrogen functional groups attached to an aromatic ring is 1. The Balaban J connectivity index is 1.87. The predicted octanol–water partition coefficient (Wildman–Crippen LogP) is 3.10. The highest BCUT2D eigenvalue weighted by Crippen LogP contribution is 2.23. The van der Waals surface area contributed by atoms with Crippen LogP contribution >= 0.6 is 11.6 Å². The van der Waals surface area contributed by atoms with Crippen LogP contribution in [0.25, 0.3) is 11.5 Å². The molecule has 0 saturated carbocycles. The van der Waals surface area contributed by atoms with Gasteiger partial charge in [-0.3, -0.25) is 0 Å². The van der Waals surface area contributed by atoms with E-state index in [4.69, 9.17) is 21.9 Å². The van der Waals surface area contributed by atoms with Gasteiger partial charge < -0.3 is 10.3 Å². The average Bonchev–Trinajstić information content (AvgIpc) is 2.92. The number of nitrogens with two attached hydrogens (primary N) is 1. The fraction of sp³-hybridized carbons (Fsp3) is 0.0714. The van der Waals surface area contributed by atoms with Crippen molar-refractivity contribution in [2.75, 3.05) is 5.73 Å². The predicted molar refractivity (Wildman–Crippen MR) is 76.2 cm³/mol. The first-order valence-corrected chi connectivity index (χ1v) is 6.48. The zero-order valence-corrected chi connectivity index (χ0v) is 11.5. The maximum Gasteiger partial charge on any atom is 0.259 e. The van der Waals surface area contributed by atoms with Crippen LogP contribution < -0.4 is 5.73 Å². The lowest BCUT2D eigenvalue weighted by molar-refractivity contribution is 0.423. The maximum absolute atomic E-state index is 13.7. The second-order valence-corrected chi connectivity index (χ2v) is 4.77. The first kappa shape index (κ1) is 13.5. The van der Waals surface area contributed by atoms with Gasteiger partial charge in [0, 0.05) is 23.2 Å². The number of pyridine rings is 1. The third-order valence-electron chi connectivity index (χ3n) is 2.90. The molecular formula is C14H10ClFN4O. The largest absolute Gasteiger partial charge is 0.384 e. The van der Waals surface area contributed by atoms with Gasteiger partial charge in [0.05, 0.1) is 5.56 Å². The molecule has 3 aromatic rings. The SMILES string of the molecule is Nc1ccc(-c2nc(Cc3c(F)cccc3Cl)no2)cn1. The van der Waals surface area contributed by atoms with Crippen LogP contribution in [-0.2, 0) is 6.42 Å². The van der Waals surface area contributed by atoms with Crippen LogP contribution in [0.15, 0.2) is 41.1 Å². The molecule has 5 nitrogen and oxygen atoms in total. The van der Waals surface area contributed by atoms with Crippen LogP contribution in [0.5, 0.6) is 0 Å². The Kier molecular flexibility index (Phi) is 3.53. The first-order valence-electron chi connectivity index (χ1n) is 6.11. The van der Waals surface area contributed by atoms with Crippen molar-refractivity contribution in [3.05, 3.63) is 58.8 Å². The molecule has 0 aliphatic rings. The molecule has 0 unspecified atom stereocenters. The van der Waals surface area contributed by atoms with Crippen LogP contribution in [0.1, 0.15) is 11.4 Å². The molecule has 3 rings (SSSR count). The van der Waals surface area contributed by atoms with E-state index >= 15 is 0 Å². The van der Waals surface area contributed by atoms with E-state index in [1.54, 1.807) is 24.3 Å². The highest BCUT2D eigenvalue weighted by molar-refractivity contribution is 6.31. The van der Waals surface area contributed by atoms with Crippen LogP contribution in [0.4, 0.5) is 10.2 Å². The third-order valence-corrected chi connectivity index (χ3v) is 3.25. The summed E-state index contributed by atoms with van der Waals surface area (Å²) in [6, 6.07) is 7.85. The summed E-state index contributed by atoms with van der Waals surface area (Å²) in [5, 5.41) is 4.15. The van der Waals surface area contributed by atoms with Gasteiger partial charge in [0.1, 0.15) is 11.6 Å². The van der Waals surface area contributed by atoms with Crippen LogP contribution in [-0.4, -0.2) is 15.1 Å². The summed E-state index contributed by atoms with van der Waals surface area (Å²) in [7, 11) is 0. The minimum absolute atomic E-state index is 0.150. The molecular weight excluding hydrogens is 295 g/mol. The van der Waals surface area contributed by atoms with Crippen molar-refractivity contribution < 1.29 is 8.91 Å². The summed E-state index contributed by atoms with van der Waals surface area (Å²) in [4.78, 5) is 8.15. The Morgan fingerprint density at radius 2 is 2.10 bits per heavy atom. The van der Waals surface area contributed by atoms with Gasteiger partial charge in [-0.1, -0.05) is 22.8 Å². The minimum Gasteiger partial charge on any atom is -0.384 e. The molecule has 0 amide bonds. The third kappa shape index (κ3) is 2.85. The zero-order chi connectivity index (χ0) is 14.8. The van der Waals surface area contributed by atoms with Gasteiger partial charge in [-0.15, -0.1) is 0 Å². The topological polar surface area (TPSA) is 77.8 Å². The van der Waals surface area contributed by atoms with Gasteiger partial charge in [0.2, 0.25) is 0 Å². The van der Waals surface area contributed by atoms with E-state index in [-0.39, 0.29) is 6.42 Å². The number of rotatable bonds is 3. The fourth-order valence-corrected chi connectivity index (χ4v) is 2.06. The van der Waals surface area contributed by atoms with Gasteiger partial charge in [0.15, 0.2) is 5.82 Å². The lowest BCUT2D eigenvalue weighted by Gasteiger charge is -2.01. The molecule has 2 heterocycles. The standard InChI is InChI=1S/C14H10ClFN4O/c15-10-2-1-3-11(16)9(10)6-13-19-14(21-20-13)8-4-5-12(17)18-7-8/h1-5,7H,6H2,(H2,17,18). The number of anilines is 1. The molecule has 0 spiro atoms. The Bertz CT molecular complexity index is 753. The summed E-state index contributed by atoms with van der Waals surface area (Å²) in [6.45, 7) is 0. The minimum atomic E-state index is -0.400. The molecule has 2 aromatic heterocycles. The summed E-state index contributed by atoms with van der Waals surface area (Å²) < 4.78 is 18.9. The molecule has 2 N–H and O–H groups in total. The zero-order valence-electron chi connectivity index (χ0n) is 10.8. The van der Waals surface area contributed by atoms with Crippen LogP contribution in [0.3, 0.4) is 0 Å². The molecule has 0 bridgehead atoms. The molecule has 7 heteroatoms. The quantitative estimate of drug-likeness (QED) is 0.804. The lowest BCUT2D eigenvalue weighted by atomic mass is 10.1. The van der Waals surface area contributed by atoms with Crippen LogP contribution in [0.2, 0.25) is 5.02 Å². The summed E-state index contributed by atoms with van der Waals surface area (Å²) in [5.74, 6) is 0.637. The van der Waals surface area contributed by atoms with Crippen LogP contribution in [0, 0.1) is 5.82 Å². The summed E-state index contributed by atoms with van der Waals surface area (Å²) in [5.41, 5.74) is 6.49. The summed E-state index contributed by atoms with van der Waals surface area (Å²) >= 11 is 5.97. The molecule has 106 valence electrons. The van der Waals surface area contributed by atoms with E-state index in [2.05, 4.69) is 15.1 Å². The Labute approximate surface area is 124 Å². The van der Waals surface area contributed by atoms with Crippen molar-refractivity contribution in [2.24, 2.45) is 0 Å². The Morgan fingerprint density at radius 3 is 2.81 bits per heavy atom. The van der Waals surface area contributed by atoms with E-state index in [1.807, 2.05) is 0 Å². The normalized spacial score (nSPS) is 10.8. The number of hydrogen-bond donors (Lipinski definition) is 1. The molecule has 0 aliphatic carbocycles. The van der Waals surface area contributed by atoms with Crippen molar-refractivity contribution in [2.45, 2.75) is 6.42 Å². The second-order valence-electron chi connectivity index (χ2n) is 4.36. The van der Waals surface area contributed by atoms with Gasteiger partial charge in [0.25, 0.3) is 5.89 Å². The van der Waals surface area contributed by atoms with Crippen molar-refractivity contribution in [1.29, 1.82) is 0 Å². The van der Waals surface area contributed by atoms with E-state index in [0.29, 0.717) is 33.7 Å². The highest BCUT2D eigenvalue weighted by atomic mass is 35.5. The molecule has 0 aliphatic heterocycles. The number of hydrogen-bond acceptors (Lipinski definition) is 5. The van der Waals surface area contributed by atoms with Gasteiger partial charge >= 0.3 is 0 Å². The lowest BCUT2D eigenvalue weighted by Crippen LogP contribution is -1.96. The number of halogens is 2. The van der Waals surface area contributed by atoms with Crippen molar-refractivity contribution in [3.63, 3.8) is 0 Å². The van der Waals surface area contributed by atoms with E-state index < -0.39 is 5.82 Å². The average molecular weight is 305 g/mol. The van der Waals surface area contributed by atoms with Gasteiger partial charge in [-0.05, 0) is 24.3 Å². The van der Waals surface area contributed by atoms with Crippen molar-refractivity contribution in [1.82, 2.24) is 15.1 Å². The molecule has 1 aromatic carbocycles. The molecule has 0 atom stereocenters. The van der Waals surface area contributed by atoms with Gasteiger partial charge in [-0.25, -0.2) is 9.37 Å². The molecule has 0 radical (unpaired) electrons. The van der Waals surface area contributed by atoms with E-state index in [9.17, 15) is 4.39 Å². The molecule has 0 fully saturated rings.